The third-order valence-electron chi connectivity index (χ3n) is 5.65. The normalized spacial score (nSPS) is 18.6. The van der Waals surface area contributed by atoms with Gasteiger partial charge in [0.15, 0.2) is 0 Å². The second-order valence-electron chi connectivity index (χ2n) is 8.50. The van der Waals surface area contributed by atoms with E-state index in [0.717, 1.165) is 24.4 Å². The Kier molecular flexibility index (Phi) is 11.2. The summed E-state index contributed by atoms with van der Waals surface area (Å²) in [6, 6.07) is 13.7. The topological polar surface area (TPSA) is 66.5 Å². The summed E-state index contributed by atoms with van der Waals surface area (Å²) < 4.78 is 50.2. The lowest BCUT2D eigenvalue weighted by Crippen LogP contribution is -2.38. The second kappa shape index (κ2) is 13.8. The van der Waals surface area contributed by atoms with Crippen molar-refractivity contribution in [2.24, 2.45) is 0 Å². The Hall–Kier alpha value is -2.91. The van der Waals surface area contributed by atoms with Crippen LogP contribution in [0, 0.1) is 0 Å². The van der Waals surface area contributed by atoms with Crippen LogP contribution in [-0.4, -0.2) is 61.8 Å². The van der Waals surface area contributed by atoms with Crippen molar-refractivity contribution in [3.63, 3.8) is 0 Å². The van der Waals surface area contributed by atoms with E-state index in [1.165, 1.54) is 0 Å². The van der Waals surface area contributed by atoms with Crippen molar-refractivity contribution in [1.29, 1.82) is 0 Å². The summed E-state index contributed by atoms with van der Waals surface area (Å²) in [6.07, 6.45) is 2.19. The van der Waals surface area contributed by atoms with Crippen LogP contribution in [0.5, 0.6) is 0 Å². The highest BCUT2D eigenvalue weighted by molar-refractivity contribution is 5.79. The van der Waals surface area contributed by atoms with Crippen molar-refractivity contribution in [2.45, 2.75) is 44.1 Å². The Morgan fingerprint density at radius 3 is 1.37 bits per heavy atom. The van der Waals surface area contributed by atoms with Crippen LogP contribution in [0.25, 0.3) is 0 Å². The molecule has 190 valence electrons. The van der Waals surface area contributed by atoms with E-state index in [2.05, 4.69) is 5.32 Å². The van der Waals surface area contributed by atoms with E-state index >= 15 is 0 Å². The van der Waals surface area contributed by atoms with Gasteiger partial charge in [0.25, 0.3) is 11.8 Å². The van der Waals surface area contributed by atoms with Crippen molar-refractivity contribution in [3.8, 4) is 0 Å². The summed E-state index contributed by atoms with van der Waals surface area (Å²) in [5, 5.41) is 2.86. The van der Waals surface area contributed by atoms with Crippen molar-refractivity contribution < 1.29 is 31.9 Å². The summed E-state index contributed by atoms with van der Waals surface area (Å²) >= 11 is 0. The molecular weight excluding hydrogens is 464 g/mol. The van der Waals surface area contributed by atoms with Crippen LogP contribution in [0.15, 0.2) is 48.5 Å². The van der Waals surface area contributed by atoms with E-state index in [1.807, 2.05) is 17.0 Å². The number of hydrogen-bond donors (Lipinski definition) is 1. The summed E-state index contributed by atoms with van der Waals surface area (Å²) in [4.78, 5) is 32.7. The molecule has 4 rings (SSSR count). The molecule has 0 spiro atoms. The summed E-state index contributed by atoms with van der Waals surface area (Å²) in [5.74, 6) is -4.87. The molecule has 5 nitrogen and oxygen atoms in total. The predicted octanol–water partition coefficient (Wildman–Crippen LogP) is 5.05. The molecule has 2 heterocycles. The molecule has 0 aliphatic carbocycles. The number of carbonyl (C=O) groups is 3. The lowest BCUT2D eigenvalue weighted by atomic mass is 10.1. The van der Waals surface area contributed by atoms with E-state index in [4.69, 9.17) is 0 Å². The van der Waals surface area contributed by atoms with Crippen molar-refractivity contribution in [3.05, 3.63) is 70.8 Å². The monoisotopic (exact) mass is 494 g/mol. The van der Waals surface area contributed by atoms with Crippen molar-refractivity contribution in [1.82, 2.24) is 10.2 Å². The largest absolute Gasteiger partial charge is 0.316 e. The fourth-order valence-electron chi connectivity index (χ4n) is 3.44. The number of aldehydes is 3. The minimum absolute atomic E-state index is 0.00694. The van der Waals surface area contributed by atoms with Gasteiger partial charge in [-0.2, -0.15) is 0 Å². The lowest BCUT2D eigenvalue weighted by molar-refractivity contribution is -0.0566. The molecule has 2 fully saturated rings. The van der Waals surface area contributed by atoms with Crippen LogP contribution >= 0.6 is 0 Å². The van der Waals surface area contributed by atoms with Gasteiger partial charge in [0, 0.05) is 75.1 Å². The van der Waals surface area contributed by atoms with E-state index < -0.39 is 11.8 Å². The predicted molar refractivity (Wildman–Crippen MR) is 126 cm³/mol. The Morgan fingerprint density at radius 1 is 0.657 bits per heavy atom. The zero-order valence-electron chi connectivity index (χ0n) is 19.4. The molecular formula is C26H30F4N2O3. The van der Waals surface area contributed by atoms with E-state index in [-0.39, 0.29) is 25.7 Å². The maximum absolute atomic E-state index is 12.9. The van der Waals surface area contributed by atoms with Gasteiger partial charge in [-0.3, -0.25) is 19.3 Å². The van der Waals surface area contributed by atoms with E-state index in [1.54, 1.807) is 36.4 Å². The zero-order chi connectivity index (χ0) is 25.7. The van der Waals surface area contributed by atoms with E-state index in [0.29, 0.717) is 49.4 Å². The molecule has 2 aromatic carbocycles. The third kappa shape index (κ3) is 10.9. The number of alkyl halides is 4. The van der Waals surface area contributed by atoms with Gasteiger partial charge in [0.05, 0.1) is 0 Å². The number of piperidine rings is 2. The molecule has 2 aliphatic heterocycles. The smallest absolute Gasteiger partial charge is 0.250 e. The number of hydrogen-bond acceptors (Lipinski definition) is 5. The average Bonchev–Trinajstić information content (AvgIpc) is 2.86. The van der Waals surface area contributed by atoms with E-state index in [9.17, 15) is 31.9 Å². The standard InChI is InChI=1S/C13H15F2NO.C8H6O2.C5H9F2N/c14-13(15)5-7-16(8-6-13)9-11-1-3-12(10-17)4-2-11;9-5-7-1-2-8(6-10)4-3-7;6-5(7)1-3-8-4-2-5/h1-4,10H,5-9H2;1-6H;8H,1-4H2. The number of halogens is 4. The molecule has 0 unspecified atom stereocenters. The van der Waals surface area contributed by atoms with Gasteiger partial charge in [0.1, 0.15) is 18.9 Å². The van der Waals surface area contributed by atoms with Gasteiger partial charge in [0.2, 0.25) is 0 Å². The van der Waals surface area contributed by atoms with Gasteiger partial charge in [-0.1, -0.05) is 48.5 Å². The molecule has 2 aromatic rings. The Morgan fingerprint density at radius 2 is 1.03 bits per heavy atom. The molecule has 9 heteroatoms. The molecule has 0 aromatic heterocycles. The lowest BCUT2D eigenvalue weighted by Gasteiger charge is -2.31. The van der Waals surface area contributed by atoms with Gasteiger partial charge < -0.3 is 5.32 Å². The van der Waals surface area contributed by atoms with Gasteiger partial charge in [-0.25, -0.2) is 17.6 Å². The number of likely N-dealkylation sites (tertiary alicyclic amines) is 1. The molecule has 0 atom stereocenters. The number of carbonyl (C=O) groups excluding carboxylic acids is 3. The summed E-state index contributed by atoms with van der Waals surface area (Å²) in [6.45, 7) is 2.47. The molecule has 0 amide bonds. The Balaban J connectivity index is 0.000000204. The maximum Gasteiger partial charge on any atom is 0.250 e. The third-order valence-corrected chi connectivity index (χ3v) is 5.65. The maximum atomic E-state index is 12.9. The van der Waals surface area contributed by atoms with Gasteiger partial charge in [-0.05, 0) is 5.56 Å². The number of nitrogens with one attached hydrogen (secondary N) is 1. The number of nitrogens with zero attached hydrogens (tertiary/aromatic N) is 1. The highest BCUT2D eigenvalue weighted by Crippen LogP contribution is 2.28. The van der Waals surface area contributed by atoms with Crippen molar-refractivity contribution in [2.75, 3.05) is 26.2 Å². The Labute approximate surface area is 202 Å². The van der Waals surface area contributed by atoms with Gasteiger partial charge >= 0.3 is 0 Å². The molecule has 2 aliphatic rings. The first-order valence-corrected chi connectivity index (χ1v) is 11.4. The summed E-state index contributed by atoms with van der Waals surface area (Å²) in [7, 11) is 0. The number of benzene rings is 2. The SMILES string of the molecule is FC1(F)CCNCC1.O=Cc1ccc(C=O)cc1.O=Cc1ccc(CN2CCC(F)(F)CC2)cc1. The highest BCUT2D eigenvalue weighted by atomic mass is 19.3. The highest BCUT2D eigenvalue weighted by Gasteiger charge is 2.33. The number of rotatable bonds is 5. The van der Waals surface area contributed by atoms with Crippen LogP contribution in [0.1, 0.15) is 62.3 Å². The van der Waals surface area contributed by atoms with Crippen LogP contribution in [-0.2, 0) is 6.54 Å². The van der Waals surface area contributed by atoms with Gasteiger partial charge in [-0.15, -0.1) is 0 Å². The molecule has 35 heavy (non-hydrogen) atoms. The second-order valence-corrected chi connectivity index (χ2v) is 8.50. The first-order valence-electron chi connectivity index (χ1n) is 11.4. The average molecular weight is 495 g/mol. The van der Waals surface area contributed by atoms with Crippen LogP contribution in [0.3, 0.4) is 0 Å². The van der Waals surface area contributed by atoms with Crippen molar-refractivity contribution >= 4 is 18.9 Å². The molecule has 0 bridgehead atoms. The minimum atomic E-state index is -2.49. The molecule has 0 radical (unpaired) electrons. The first-order chi connectivity index (χ1) is 16.7. The molecule has 2 saturated heterocycles. The Bertz CT molecular complexity index is 890. The zero-order valence-corrected chi connectivity index (χ0v) is 19.4. The quantitative estimate of drug-likeness (QED) is 0.466. The molecule has 1 N–H and O–H groups in total. The van der Waals surface area contributed by atoms with Crippen LogP contribution in [0.2, 0.25) is 0 Å². The minimum Gasteiger partial charge on any atom is -0.316 e. The summed E-state index contributed by atoms with van der Waals surface area (Å²) in [5.41, 5.74) is 2.87. The first kappa shape index (κ1) is 28.3. The fourth-order valence-corrected chi connectivity index (χ4v) is 3.44. The molecule has 0 saturated carbocycles. The van der Waals surface area contributed by atoms with Crippen LogP contribution in [0.4, 0.5) is 17.6 Å². The fraction of sp³-hybridized carbons (Fsp3) is 0.423. The van der Waals surface area contributed by atoms with Crippen LogP contribution < -0.4 is 5.32 Å².